The third kappa shape index (κ3) is 4.13. The van der Waals surface area contributed by atoms with Gasteiger partial charge in [0.15, 0.2) is 5.03 Å². The summed E-state index contributed by atoms with van der Waals surface area (Å²) in [6.07, 6.45) is -3.86. The standard InChI is InChI=1S/C22H15F4NO4S2/c23-19-11-10-15(12-18(19)22(24,25)26)14-27(33(30,31)17-7-2-1-3-8-17)21-13-16-6-4-5-9-20(16)32(21,28)29/h1-13H,14H2. The van der Waals surface area contributed by atoms with Gasteiger partial charge in [0, 0.05) is 0 Å². The molecule has 0 aliphatic carbocycles. The molecule has 0 aromatic heterocycles. The highest BCUT2D eigenvalue weighted by Crippen LogP contribution is 2.39. The normalized spacial score (nSPS) is 15.1. The molecule has 0 atom stereocenters. The first-order chi connectivity index (χ1) is 15.4. The summed E-state index contributed by atoms with van der Waals surface area (Å²) in [5.41, 5.74) is -1.57. The van der Waals surface area contributed by atoms with Gasteiger partial charge in [-0.1, -0.05) is 42.5 Å². The minimum atomic E-state index is -5.02. The van der Waals surface area contributed by atoms with Gasteiger partial charge in [-0.2, -0.15) is 13.2 Å². The lowest BCUT2D eigenvalue weighted by Gasteiger charge is -2.25. The first-order valence-electron chi connectivity index (χ1n) is 9.41. The average Bonchev–Trinajstić information content (AvgIpc) is 3.03. The molecule has 3 aromatic rings. The number of fused-ring (bicyclic) bond motifs is 1. The fourth-order valence-electron chi connectivity index (χ4n) is 3.43. The van der Waals surface area contributed by atoms with Crippen LogP contribution in [0.15, 0.2) is 87.6 Å². The van der Waals surface area contributed by atoms with Gasteiger partial charge in [0.2, 0.25) is 9.84 Å². The van der Waals surface area contributed by atoms with Gasteiger partial charge in [0.25, 0.3) is 10.0 Å². The van der Waals surface area contributed by atoms with E-state index in [0.717, 1.165) is 12.1 Å². The van der Waals surface area contributed by atoms with Crippen LogP contribution in [0.1, 0.15) is 16.7 Å². The van der Waals surface area contributed by atoms with Crippen molar-refractivity contribution in [1.82, 2.24) is 4.31 Å². The molecule has 0 N–H and O–H groups in total. The monoisotopic (exact) mass is 497 g/mol. The molecule has 33 heavy (non-hydrogen) atoms. The van der Waals surface area contributed by atoms with Gasteiger partial charge in [-0.05, 0) is 47.5 Å². The predicted octanol–water partition coefficient (Wildman–Crippen LogP) is 4.82. The second kappa shape index (κ2) is 7.99. The van der Waals surface area contributed by atoms with Crippen LogP contribution >= 0.6 is 0 Å². The molecule has 1 aliphatic rings. The van der Waals surface area contributed by atoms with Gasteiger partial charge in [-0.25, -0.2) is 21.2 Å². The smallest absolute Gasteiger partial charge is 0.251 e. The Hall–Kier alpha value is -3.18. The maximum atomic E-state index is 13.7. The lowest BCUT2D eigenvalue weighted by molar-refractivity contribution is -0.140. The second-order valence-electron chi connectivity index (χ2n) is 7.16. The molecule has 0 spiro atoms. The van der Waals surface area contributed by atoms with Crippen molar-refractivity contribution in [2.75, 3.05) is 0 Å². The number of benzene rings is 3. The van der Waals surface area contributed by atoms with Gasteiger partial charge >= 0.3 is 6.18 Å². The Balaban J connectivity index is 1.88. The van der Waals surface area contributed by atoms with Gasteiger partial charge < -0.3 is 0 Å². The highest BCUT2D eigenvalue weighted by molar-refractivity contribution is 7.97. The summed E-state index contributed by atoms with van der Waals surface area (Å²) in [4.78, 5) is -0.376. The number of hydrogen-bond acceptors (Lipinski definition) is 4. The fourth-order valence-corrected chi connectivity index (χ4v) is 6.92. The zero-order valence-electron chi connectivity index (χ0n) is 16.6. The third-order valence-electron chi connectivity index (χ3n) is 5.00. The Bertz CT molecular complexity index is 1470. The van der Waals surface area contributed by atoms with Crippen LogP contribution in [-0.4, -0.2) is 21.1 Å². The Morgan fingerprint density at radius 3 is 2.15 bits per heavy atom. The van der Waals surface area contributed by atoms with E-state index >= 15 is 0 Å². The van der Waals surface area contributed by atoms with E-state index in [1.54, 1.807) is 12.1 Å². The Kier molecular flexibility index (Phi) is 5.57. The van der Waals surface area contributed by atoms with Crippen molar-refractivity contribution < 1.29 is 34.4 Å². The number of sulfone groups is 1. The number of hydrogen-bond donors (Lipinski definition) is 0. The van der Waals surface area contributed by atoms with Crippen molar-refractivity contribution in [3.05, 3.63) is 100 Å². The van der Waals surface area contributed by atoms with E-state index in [1.807, 2.05) is 0 Å². The largest absolute Gasteiger partial charge is 0.419 e. The average molecular weight is 497 g/mol. The van der Waals surface area contributed by atoms with Crippen molar-refractivity contribution in [3.63, 3.8) is 0 Å². The van der Waals surface area contributed by atoms with E-state index < -0.39 is 49.0 Å². The molecule has 0 bridgehead atoms. The lowest BCUT2D eigenvalue weighted by atomic mass is 10.1. The van der Waals surface area contributed by atoms with Crippen molar-refractivity contribution in [3.8, 4) is 0 Å². The van der Waals surface area contributed by atoms with E-state index in [0.29, 0.717) is 16.4 Å². The Morgan fingerprint density at radius 1 is 0.879 bits per heavy atom. The van der Waals surface area contributed by atoms with Crippen molar-refractivity contribution in [2.24, 2.45) is 0 Å². The van der Waals surface area contributed by atoms with E-state index in [-0.39, 0.29) is 20.9 Å². The zero-order chi connectivity index (χ0) is 24.0. The molecular formula is C22H15F4NO4S2. The number of sulfonamides is 1. The summed E-state index contributed by atoms with van der Waals surface area (Å²) < 4.78 is 107. The lowest BCUT2D eigenvalue weighted by Crippen LogP contribution is -2.32. The first kappa shape index (κ1) is 23.0. The summed E-state index contributed by atoms with van der Waals surface area (Å²) in [5.74, 6) is -1.52. The topological polar surface area (TPSA) is 71.5 Å². The Labute approximate surface area is 187 Å². The summed E-state index contributed by atoms with van der Waals surface area (Å²) in [6.45, 7) is -0.764. The summed E-state index contributed by atoms with van der Waals surface area (Å²) in [7, 11) is -8.81. The molecule has 0 saturated heterocycles. The van der Waals surface area contributed by atoms with Crippen LogP contribution in [0.3, 0.4) is 0 Å². The van der Waals surface area contributed by atoms with E-state index in [1.165, 1.54) is 42.5 Å². The van der Waals surface area contributed by atoms with Crippen molar-refractivity contribution >= 4 is 25.9 Å². The van der Waals surface area contributed by atoms with Gasteiger partial charge in [-0.15, -0.1) is 0 Å². The van der Waals surface area contributed by atoms with Crippen molar-refractivity contribution in [2.45, 2.75) is 22.5 Å². The van der Waals surface area contributed by atoms with Crippen LogP contribution in [0, 0.1) is 5.82 Å². The maximum absolute atomic E-state index is 13.7. The molecular weight excluding hydrogens is 482 g/mol. The summed E-state index contributed by atoms with van der Waals surface area (Å²) in [5, 5.41) is -0.606. The van der Waals surface area contributed by atoms with Crippen LogP contribution in [0.4, 0.5) is 17.6 Å². The zero-order valence-corrected chi connectivity index (χ0v) is 18.3. The minimum absolute atomic E-state index is 0.122. The molecule has 3 aromatic carbocycles. The van der Waals surface area contributed by atoms with E-state index in [4.69, 9.17) is 0 Å². The summed E-state index contributed by atoms with van der Waals surface area (Å²) in [6, 6.07) is 14.7. The third-order valence-corrected chi connectivity index (χ3v) is 8.73. The molecule has 11 heteroatoms. The van der Waals surface area contributed by atoms with Crippen LogP contribution in [0.25, 0.3) is 6.08 Å². The van der Waals surface area contributed by atoms with Gasteiger partial charge in [0.05, 0.1) is 21.9 Å². The van der Waals surface area contributed by atoms with Crippen LogP contribution in [0.5, 0.6) is 0 Å². The van der Waals surface area contributed by atoms with E-state index in [9.17, 15) is 34.4 Å². The number of nitrogens with zero attached hydrogens (tertiary/aromatic N) is 1. The summed E-state index contributed by atoms with van der Waals surface area (Å²) >= 11 is 0. The Morgan fingerprint density at radius 2 is 1.52 bits per heavy atom. The minimum Gasteiger partial charge on any atom is -0.251 e. The molecule has 0 unspecified atom stereocenters. The van der Waals surface area contributed by atoms with Gasteiger partial charge in [0.1, 0.15) is 5.82 Å². The molecule has 1 heterocycles. The van der Waals surface area contributed by atoms with Crippen LogP contribution in [-0.2, 0) is 32.6 Å². The molecule has 0 fully saturated rings. The van der Waals surface area contributed by atoms with Gasteiger partial charge in [-0.3, -0.25) is 4.31 Å². The maximum Gasteiger partial charge on any atom is 0.419 e. The number of rotatable bonds is 5. The number of alkyl halides is 3. The predicted molar refractivity (Wildman–Crippen MR) is 112 cm³/mol. The molecule has 0 radical (unpaired) electrons. The van der Waals surface area contributed by atoms with Crippen LogP contribution < -0.4 is 0 Å². The molecule has 172 valence electrons. The molecule has 1 aliphatic heterocycles. The molecule has 5 nitrogen and oxygen atoms in total. The molecule has 0 amide bonds. The highest BCUT2D eigenvalue weighted by atomic mass is 32.2. The van der Waals surface area contributed by atoms with Crippen molar-refractivity contribution in [1.29, 1.82) is 0 Å². The van der Waals surface area contributed by atoms with Crippen LogP contribution in [0.2, 0.25) is 0 Å². The first-order valence-corrected chi connectivity index (χ1v) is 12.3. The number of halogens is 4. The SMILES string of the molecule is O=S1(=O)C(N(Cc2ccc(F)c(C(F)(F)F)c2)S(=O)(=O)c2ccccc2)=Cc2ccccc21. The fraction of sp³-hybridized carbons (Fsp3) is 0.0909. The molecule has 4 rings (SSSR count). The molecule has 0 saturated carbocycles. The second-order valence-corrected chi connectivity index (χ2v) is 10.9. The quantitative estimate of drug-likeness (QED) is 0.474. The van der Waals surface area contributed by atoms with E-state index in [2.05, 4.69) is 0 Å². The highest BCUT2D eigenvalue weighted by Gasteiger charge is 2.40.